The number of aryl methyl sites for hydroxylation is 1. The van der Waals surface area contributed by atoms with Crippen LogP contribution in [-0.4, -0.2) is 15.9 Å². The van der Waals surface area contributed by atoms with E-state index in [1.807, 2.05) is 43.3 Å². The molecule has 0 aliphatic rings. The predicted octanol–water partition coefficient (Wildman–Crippen LogP) is 2.88. The molecule has 5 nitrogen and oxygen atoms in total. The molecule has 0 aliphatic heterocycles. The van der Waals surface area contributed by atoms with E-state index in [0.29, 0.717) is 17.2 Å². The fourth-order valence-corrected chi connectivity index (χ4v) is 2.23. The fraction of sp³-hybridized carbons (Fsp3) is 0.118. The highest BCUT2D eigenvalue weighted by Gasteiger charge is 2.11. The van der Waals surface area contributed by atoms with E-state index < -0.39 is 5.97 Å². The van der Waals surface area contributed by atoms with E-state index in [1.54, 1.807) is 12.1 Å². The summed E-state index contributed by atoms with van der Waals surface area (Å²) >= 11 is 0. The van der Waals surface area contributed by atoms with Crippen molar-refractivity contribution in [1.29, 1.82) is 0 Å². The molecule has 0 radical (unpaired) electrons. The number of hydrogen-bond acceptors (Lipinski definition) is 5. The third-order valence-corrected chi connectivity index (χ3v) is 3.38. The van der Waals surface area contributed by atoms with Crippen LogP contribution in [0.1, 0.15) is 21.7 Å². The van der Waals surface area contributed by atoms with Gasteiger partial charge >= 0.3 is 5.97 Å². The molecule has 0 saturated carbocycles. The Balaban J connectivity index is 1.79. The molecule has 0 atom stereocenters. The third kappa shape index (κ3) is 2.74. The number of carbonyl (C=O) groups excluding carboxylic acids is 1. The number of aromatic nitrogens is 2. The van der Waals surface area contributed by atoms with Crippen molar-refractivity contribution in [2.45, 2.75) is 13.5 Å². The van der Waals surface area contributed by atoms with E-state index in [4.69, 9.17) is 10.5 Å². The standard InChI is InChI=1S/C17H15N3O2/c1-11-6-2-3-7-12(11)17(21)22-10-15-19-14-9-5-4-8-13(14)16(18)20-15/h2-9H,10H2,1H3,(H2,18,19,20). The lowest BCUT2D eigenvalue weighted by Gasteiger charge is -2.08. The van der Waals surface area contributed by atoms with Crippen molar-refractivity contribution in [3.63, 3.8) is 0 Å². The molecule has 0 unspecified atom stereocenters. The highest BCUT2D eigenvalue weighted by molar-refractivity contribution is 5.91. The van der Waals surface area contributed by atoms with Crippen LogP contribution >= 0.6 is 0 Å². The van der Waals surface area contributed by atoms with Crippen LogP contribution in [0.25, 0.3) is 10.9 Å². The SMILES string of the molecule is Cc1ccccc1C(=O)OCc1nc(N)c2ccccc2n1. The van der Waals surface area contributed by atoms with Gasteiger partial charge in [-0.25, -0.2) is 14.8 Å². The number of nitrogen functional groups attached to an aromatic ring is 1. The Labute approximate surface area is 127 Å². The maximum atomic E-state index is 12.1. The molecular formula is C17H15N3O2. The Bertz CT molecular complexity index is 846. The van der Waals surface area contributed by atoms with Crippen molar-refractivity contribution in [1.82, 2.24) is 9.97 Å². The summed E-state index contributed by atoms with van der Waals surface area (Å²) in [6.45, 7) is 1.85. The van der Waals surface area contributed by atoms with Crippen LogP contribution < -0.4 is 5.73 Å². The van der Waals surface area contributed by atoms with Crippen molar-refractivity contribution in [3.8, 4) is 0 Å². The minimum atomic E-state index is -0.395. The highest BCUT2D eigenvalue weighted by atomic mass is 16.5. The minimum absolute atomic E-state index is 0.0117. The maximum absolute atomic E-state index is 12.1. The first-order valence-corrected chi connectivity index (χ1v) is 6.89. The number of hydrogen-bond donors (Lipinski definition) is 1. The van der Waals surface area contributed by atoms with Gasteiger partial charge in [0.05, 0.1) is 11.1 Å². The van der Waals surface area contributed by atoms with Gasteiger partial charge in [-0.15, -0.1) is 0 Å². The number of carbonyl (C=O) groups is 1. The van der Waals surface area contributed by atoms with Gasteiger partial charge in [0.1, 0.15) is 5.82 Å². The summed E-state index contributed by atoms with van der Waals surface area (Å²) in [4.78, 5) is 20.6. The number of nitrogens with two attached hydrogens (primary N) is 1. The average Bonchev–Trinajstić information content (AvgIpc) is 2.53. The third-order valence-electron chi connectivity index (χ3n) is 3.38. The van der Waals surface area contributed by atoms with Gasteiger partial charge in [-0.1, -0.05) is 30.3 Å². The zero-order valence-electron chi connectivity index (χ0n) is 12.1. The van der Waals surface area contributed by atoms with Gasteiger partial charge in [-0.2, -0.15) is 0 Å². The predicted molar refractivity (Wildman–Crippen MR) is 84.2 cm³/mol. The second-order valence-corrected chi connectivity index (χ2v) is 4.93. The molecule has 22 heavy (non-hydrogen) atoms. The molecule has 3 aromatic rings. The van der Waals surface area contributed by atoms with Crippen LogP contribution in [-0.2, 0) is 11.3 Å². The van der Waals surface area contributed by atoms with Crippen LogP contribution in [0, 0.1) is 6.92 Å². The molecule has 3 rings (SSSR count). The number of esters is 1. The number of nitrogens with zero attached hydrogens (tertiary/aromatic N) is 2. The summed E-state index contributed by atoms with van der Waals surface area (Å²) < 4.78 is 5.28. The molecule has 2 N–H and O–H groups in total. The van der Waals surface area contributed by atoms with Gasteiger partial charge in [-0.3, -0.25) is 0 Å². The zero-order valence-corrected chi connectivity index (χ0v) is 12.1. The van der Waals surface area contributed by atoms with Crippen LogP contribution in [0.2, 0.25) is 0 Å². The Hall–Kier alpha value is -2.95. The van der Waals surface area contributed by atoms with Crippen molar-refractivity contribution in [3.05, 3.63) is 65.5 Å². The molecule has 0 bridgehead atoms. The first kappa shape index (κ1) is 14.0. The quantitative estimate of drug-likeness (QED) is 0.751. The lowest BCUT2D eigenvalue weighted by Crippen LogP contribution is -2.09. The molecule has 1 aromatic heterocycles. The summed E-state index contributed by atoms with van der Waals surface area (Å²) in [6, 6.07) is 14.7. The second-order valence-electron chi connectivity index (χ2n) is 4.93. The fourth-order valence-electron chi connectivity index (χ4n) is 2.23. The number of para-hydroxylation sites is 1. The second kappa shape index (κ2) is 5.81. The largest absolute Gasteiger partial charge is 0.454 e. The van der Waals surface area contributed by atoms with Crippen molar-refractivity contribution in [2.24, 2.45) is 0 Å². The van der Waals surface area contributed by atoms with Crippen molar-refractivity contribution in [2.75, 3.05) is 5.73 Å². The highest BCUT2D eigenvalue weighted by Crippen LogP contribution is 2.17. The van der Waals surface area contributed by atoms with Crippen molar-refractivity contribution >= 4 is 22.7 Å². The van der Waals surface area contributed by atoms with Gasteiger partial charge < -0.3 is 10.5 Å². The molecule has 0 fully saturated rings. The van der Waals surface area contributed by atoms with E-state index in [-0.39, 0.29) is 6.61 Å². The Morgan fingerprint density at radius 3 is 2.64 bits per heavy atom. The van der Waals surface area contributed by atoms with Crippen LogP contribution in [0.15, 0.2) is 48.5 Å². The van der Waals surface area contributed by atoms with E-state index in [2.05, 4.69) is 9.97 Å². The average molecular weight is 293 g/mol. The molecule has 0 saturated heterocycles. The van der Waals surface area contributed by atoms with E-state index in [0.717, 1.165) is 16.5 Å². The van der Waals surface area contributed by atoms with Gasteiger partial charge in [0.2, 0.25) is 0 Å². The molecule has 0 spiro atoms. The van der Waals surface area contributed by atoms with Gasteiger partial charge in [-0.05, 0) is 30.7 Å². The van der Waals surface area contributed by atoms with Gasteiger partial charge in [0, 0.05) is 5.39 Å². The van der Waals surface area contributed by atoms with E-state index in [1.165, 1.54) is 0 Å². The van der Waals surface area contributed by atoms with E-state index >= 15 is 0 Å². The molecule has 5 heteroatoms. The molecular weight excluding hydrogens is 278 g/mol. The molecule has 0 amide bonds. The Morgan fingerprint density at radius 1 is 1.09 bits per heavy atom. The zero-order chi connectivity index (χ0) is 15.5. The topological polar surface area (TPSA) is 78.1 Å². The smallest absolute Gasteiger partial charge is 0.338 e. The first-order chi connectivity index (χ1) is 10.6. The number of anilines is 1. The Kier molecular flexibility index (Phi) is 3.70. The van der Waals surface area contributed by atoms with Gasteiger partial charge in [0.15, 0.2) is 12.4 Å². The minimum Gasteiger partial charge on any atom is -0.454 e. The van der Waals surface area contributed by atoms with Gasteiger partial charge in [0.25, 0.3) is 0 Å². The van der Waals surface area contributed by atoms with E-state index in [9.17, 15) is 4.79 Å². The monoisotopic (exact) mass is 293 g/mol. The summed E-state index contributed by atoms with van der Waals surface area (Å²) in [5.41, 5.74) is 8.05. The summed E-state index contributed by atoms with van der Waals surface area (Å²) in [5.74, 6) is 0.374. The Morgan fingerprint density at radius 2 is 1.82 bits per heavy atom. The number of fused-ring (bicyclic) bond motifs is 1. The molecule has 1 heterocycles. The maximum Gasteiger partial charge on any atom is 0.338 e. The summed E-state index contributed by atoms with van der Waals surface area (Å²) in [6.07, 6.45) is 0. The number of ether oxygens (including phenoxy) is 1. The van der Waals surface area contributed by atoms with Crippen LogP contribution in [0.4, 0.5) is 5.82 Å². The number of benzene rings is 2. The molecule has 110 valence electrons. The number of rotatable bonds is 3. The lowest BCUT2D eigenvalue weighted by atomic mass is 10.1. The lowest BCUT2D eigenvalue weighted by molar-refractivity contribution is 0.0462. The first-order valence-electron chi connectivity index (χ1n) is 6.89. The summed E-state index contributed by atoms with van der Waals surface area (Å²) in [5, 5.41) is 0.788. The van der Waals surface area contributed by atoms with Crippen LogP contribution in [0.5, 0.6) is 0 Å². The van der Waals surface area contributed by atoms with Crippen LogP contribution in [0.3, 0.4) is 0 Å². The molecule has 0 aliphatic carbocycles. The van der Waals surface area contributed by atoms with Crippen molar-refractivity contribution < 1.29 is 9.53 Å². The molecule has 2 aromatic carbocycles. The normalized spacial score (nSPS) is 10.6. The summed E-state index contributed by atoms with van der Waals surface area (Å²) in [7, 11) is 0.